The molecule has 1 aromatic heterocycles. The summed E-state index contributed by atoms with van der Waals surface area (Å²) < 4.78 is 12.8. The normalized spacial score (nSPS) is 10.2. The zero-order chi connectivity index (χ0) is 13.8. The molecular weight excluding hydrogens is 273 g/mol. The van der Waals surface area contributed by atoms with Gasteiger partial charge in [-0.1, -0.05) is 11.8 Å². The van der Waals surface area contributed by atoms with Crippen molar-refractivity contribution >= 4 is 23.4 Å². The number of nitrogens with zero attached hydrogens (tertiary/aromatic N) is 3. The molecule has 7 nitrogen and oxygen atoms in total. The highest BCUT2D eigenvalue weighted by Gasteiger charge is 2.18. The third-order valence-electron chi connectivity index (χ3n) is 2.09. The molecule has 0 aliphatic rings. The summed E-state index contributed by atoms with van der Waals surface area (Å²) in [7, 11) is 0. The van der Waals surface area contributed by atoms with Gasteiger partial charge in [-0.2, -0.15) is 4.98 Å². The summed E-state index contributed by atoms with van der Waals surface area (Å²) in [6.45, 7) is 0. The number of rotatable bonds is 4. The molecule has 0 bridgehead atoms. The summed E-state index contributed by atoms with van der Waals surface area (Å²) in [6, 6.07) is 5.53. The fraction of sp³-hybridized carbons (Fsp3) is 0. The van der Waals surface area contributed by atoms with Crippen LogP contribution in [-0.4, -0.2) is 14.9 Å². The number of aromatic nitrogens is 2. The average molecular weight is 281 g/mol. The van der Waals surface area contributed by atoms with Crippen molar-refractivity contribution < 1.29 is 9.31 Å². The lowest BCUT2D eigenvalue weighted by molar-refractivity contribution is -0.388. The van der Waals surface area contributed by atoms with E-state index in [9.17, 15) is 14.5 Å². The predicted octanol–water partition coefficient (Wildman–Crippen LogP) is 1.96. The Morgan fingerprint density at radius 1 is 1.37 bits per heavy atom. The van der Waals surface area contributed by atoms with Gasteiger partial charge in [-0.05, 0) is 24.3 Å². The Balaban J connectivity index is 2.36. The van der Waals surface area contributed by atoms with Gasteiger partial charge in [0.25, 0.3) is 0 Å². The zero-order valence-electron chi connectivity index (χ0n) is 9.41. The van der Waals surface area contributed by atoms with Crippen molar-refractivity contribution in [2.75, 3.05) is 5.43 Å². The van der Waals surface area contributed by atoms with Crippen LogP contribution in [0, 0.1) is 15.9 Å². The molecule has 0 aliphatic heterocycles. The van der Waals surface area contributed by atoms with Crippen molar-refractivity contribution in [1.82, 2.24) is 9.97 Å². The number of hydrazine groups is 1. The van der Waals surface area contributed by atoms with Gasteiger partial charge >= 0.3 is 5.69 Å². The molecule has 0 spiro atoms. The lowest BCUT2D eigenvalue weighted by Crippen LogP contribution is -2.11. The largest absolute Gasteiger partial charge is 0.320 e. The Hall–Kier alpha value is -2.26. The summed E-state index contributed by atoms with van der Waals surface area (Å²) in [5.41, 5.74) is 1.97. The van der Waals surface area contributed by atoms with Crippen LogP contribution >= 0.6 is 11.8 Å². The predicted molar refractivity (Wildman–Crippen MR) is 67.0 cm³/mol. The van der Waals surface area contributed by atoms with Crippen LogP contribution in [-0.2, 0) is 0 Å². The molecule has 0 atom stereocenters. The van der Waals surface area contributed by atoms with Gasteiger partial charge in [0.1, 0.15) is 12.0 Å². The number of hydrogen-bond acceptors (Lipinski definition) is 7. The van der Waals surface area contributed by atoms with Gasteiger partial charge in [-0.25, -0.2) is 15.2 Å². The van der Waals surface area contributed by atoms with Crippen LogP contribution in [0.3, 0.4) is 0 Å². The van der Waals surface area contributed by atoms with Crippen LogP contribution in [0.5, 0.6) is 0 Å². The summed E-state index contributed by atoms with van der Waals surface area (Å²) in [4.78, 5) is 18.5. The first kappa shape index (κ1) is 13.2. The molecule has 0 saturated heterocycles. The van der Waals surface area contributed by atoms with E-state index in [1.807, 2.05) is 0 Å². The van der Waals surface area contributed by atoms with Crippen molar-refractivity contribution in [3.63, 3.8) is 0 Å². The fourth-order valence-corrected chi connectivity index (χ4v) is 2.10. The van der Waals surface area contributed by atoms with E-state index in [-0.39, 0.29) is 22.5 Å². The van der Waals surface area contributed by atoms with E-state index in [0.717, 1.165) is 18.0 Å². The maximum atomic E-state index is 12.8. The van der Waals surface area contributed by atoms with Crippen molar-refractivity contribution in [2.45, 2.75) is 9.92 Å². The average Bonchev–Trinajstić information content (AvgIpc) is 2.41. The Morgan fingerprint density at radius 2 is 2.05 bits per heavy atom. The maximum absolute atomic E-state index is 12.8. The highest BCUT2D eigenvalue weighted by Crippen LogP contribution is 2.33. The highest BCUT2D eigenvalue weighted by molar-refractivity contribution is 7.99. The standard InChI is InChI=1S/C10H8FN5O2S/c11-6-1-3-7(4-2-6)19-9-8(16(17)18)5-13-10(14-9)15-12/h1-5H,12H2,(H,13,14,15). The van der Waals surface area contributed by atoms with E-state index < -0.39 is 4.92 Å². The molecule has 19 heavy (non-hydrogen) atoms. The second kappa shape index (κ2) is 5.59. The van der Waals surface area contributed by atoms with Crippen molar-refractivity contribution in [2.24, 2.45) is 5.84 Å². The number of nitrogens with two attached hydrogens (primary N) is 1. The SMILES string of the molecule is NNc1ncc([N+](=O)[O-])c(Sc2ccc(F)cc2)n1. The molecule has 2 aromatic rings. The minimum Gasteiger partial charge on any atom is -0.292 e. The van der Waals surface area contributed by atoms with E-state index in [1.165, 1.54) is 24.3 Å². The van der Waals surface area contributed by atoms with E-state index >= 15 is 0 Å². The van der Waals surface area contributed by atoms with Crippen molar-refractivity contribution in [3.8, 4) is 0 Å². The number of halogens is 1. The second-order valence-corrected chi connectivity index (χ2v) is 4.40. The zero-order valence-corrected chi connectivity index (χ0v) is 10.2. The first-order chi connectivity index (χ1) is 9.10. The van der Waals surface area contributed by atoms with Crippen molar-refractivity contribution in [1.29, 1.82) is 0 Å². The lowest BCUT2D eigenvalue weighted by Gasteiger charge is -2.04. The van der Waals surface area contributed by atoms with Gasteiger partial charge in [0.2, 0.25) is 5.95 Å². The number of benzene rings is 1. The number of nitrogens with one attached hydrogen (secondary N) is 1. The van der Waals surface area contributed by atoms with E-state index in [2.05, 4.69) is 15.4 Å². The summed E-state index contributed by atoms with van der Waals surface area (Å²) in [5.74, 6) is 4.84. The highest BCUT2D eigenvalue weighted by atomic mass is 32.2. The molecule has 0 amide bonds. The molecule has 0 aliphatic carbocycles. The smallest absolute Gasteiger partial charge is 0.292 e. The first-order valence-electron chi connectivity index (χ1n) is 5.01. The molecule has 3 N–H and O–H groups in total. The van der Waals surface area contributed by atoms with Gasteiger partial charge in [-0.3, -0.25) is 15.5 Å². The molecule has 98 valence electrons. The lowest BCUT2D eigenvalue weighted by atomic mass is 10.4. The number of anilines is 1. The van der Waals surface area contributed by atoms with Gasteiger partial charge < -0.3 is 0 Å². The van der Waals surface area contributed by atoms with Crippen LogP contribution in [0.4, 0.5) is 16.0 Å². The Bertz CT molecular complexity index is 607. The molecule has 2 rings (SSSR count). The number of hydrogen-bond donors (Lipinski definition) is 2. The van der Waals surface area contributed by atoms with Crippen LogP contribution < -0.4 is 11.3 Å². The molecular formula is C10H8FN5O2S. The van der Waals surface area contributed by atoms with Gasteiger partial charge in [0, 0.05) is 4.90 Å². The summed E-state index contributed by atoms with van der Waals surface area (Å²) in [5, 5.41) is 11.0. The first-order valence-corrected chi connectivity index (χ1v) is 5.83. The summed E-state index contributed by atoms with van der Waals surface area (Å²) >= 11 is 1.03. The minimum atomic E-state index is -0.591. The summed E-state index contributed by atoms with van der Waals surface area (Å²) in [6.07, 6.45) is 1.06. The molecule has 0 unspecified atom stereocenters. The quantitative estimate of drug-likeness (QED) is 0.382. The topological polar surface area (TPSA) is 107 Å². The molecule has 1 aromatic carbocycles. The van der Waals surface area contributed by atoms with Gasteiger partial charge in [-0.15, -0.1) is 0 Å². The third kappa shape index (κ3) is 3.14. The Kier molecular flexibility index (Phi) is 3.88. The van der Waals surface area contributed by atoms with E-state index in [0.29, 0.717) is 4.90 Å². The van der Waals surface area contributed by atoms with Crippen LogP contribution in [0.25, 0.3) is 0 Å². The van der Waals surface area contributed by atoms with Crippen LogP contribution in [0.2, 0.25) is 0 Å². The molecule has 0 saturated carbocycles. The number of nitro groups is 1. The van der Waals surface area contributed by atoms with Gasteiger partial charge in [0.15, 0.2) is 5.03 Å². The molecule has 1 heterocycles. The Morgan fingerprint density at radius 3 is 2.63 bits per heavy atom. The minimum absolute atomic E-state index is 0.0650. The molecule has 0 radical (unpaired) electrons. The Labute approximate surface area is 111 Å². The van der Waals surface area contributed by atoms with Crippen molar-refractivity contribution in [3.05, 3.63) is 46.4 Å². The van der Waals surface area contributed by atoms with E-state index in [4.69, 9.17) is 5.84 Å². The molecule has 9 heteroatoms. The second-order valence-electron chi connectivity index (χ2n) is 3.34. The third-order valence-corrected chi connectivity index (χ3v) is 3.09. The van der Waals surface area contributed by atoms with E-state index in [1.54, 1.807) is 0 Å². The fourth-order valence-electron chi connectivity index (χ4n) is 1.24. The van der Waals surface area contributed by atoms with Crippen LogP contribution in [0.1, 0.15) is 0 Å². The monoisotopic (exact) mass is 281 g/mol. The maximum Gasteiger partial charge on any atom is 0.320 e. The van der Waals surface area contributed by atoms with Gasteiger partial charge in [0.05, 0.1) is 4.92 Å². The number of nitrogen functional groups attached to an aromatic ring is 1. The molecule has 0 fully saturated rings. The van der Waals surface area contributed by atoms with Crippen LogP contribution in [0.15, 0.2) is 40.4 Å².